The first-order chi connectivity index (χ1) is 23.7. The van der Waals surface area contributed by atoms with Crippen LogP contribution in [0.4, 0.5) is 77.2 Å². The maximum absolute atomic E-state index is 14.2. The number of benzene rings is 1. The highest BCUT2D eigenvalue weighted by Crippen LogP contribution is 2.49. The van der Waals surface area contributed by atoms with Crippen molar-refractivity contribution in [2.24, 2.45) is 0 Å². The van der Waals surface area contributed by atoms with Crippen LogP contribution in [-0.2, 0) is 24.5 Å². The van der Waals surface area contributed by atoms with E-state index in [0.717, 1.165) is 23.4 Å². The molecule has 0 atom stereocenters. The SMILES string of the molecule is Fc1c(C(F)(F)F)ncc(Br)c1Cl.Fc1cc(Br)cnc1C(F)(F)F.N#Cc1cc(F)cc2c1N(c1cnc(C(F)(F)F)c(F)c1Cl)CCC2(F)F. The van der Waals surface area contributed by atoms with Gasteiger partial charge < -0.3 is 4.90 Å². The zero-order chi connectivity index (χ0) is 39.7. The molecular weight excluding hydrogens is 922 g/mol. The molecule has 4 heterocycles. The lowest BCUT2D eigenvalue weighted by Crippen LogP contribution is -2.34. The summed E-state index contributed by atoms with van der Waals surface area (Å²) in [4.78, 5) is 9.71. The van der Waals surface area contributed by atoms with Crippen molar-refractivity contribution < 1.29 is 65.9 Å². The first-order valence-electron chi connectivity index (χ1n) is 13.0. The summed E-state index contributed by atoms with van der Waals surface area (Å²) in [5, 5.41) is 7.55. The summed E-state index contributed by atoms with van der Waals surface area (Å²) in [6.07, 6.45) is -13.3. The zero-order valence-electron chi connectivity index (χ0n) is 24.3. The number of pyridine rings is 3. The molecular formula is C28H10Br2Cl2F15N5. The van der Waals surface area contributed by atoms with Gasteiger partial charge in [0.05, 0.1) is 32.6 Å². The van der Waals surface area contributed by atoms with Gasteiger partial charge in [-0.1, -0.05) is 23.2 Å². The Labute approximate surface area is 307 Å². The average Bonchev–Trinajstić information content (AvgIpc) is 3.00. The highest BCUT2D eigenvalue weighted by Gasteiger charge is 2.44. The van der Waals surface area contributed by atoms with Gasteiger partial charge in [-0.25, -0.2) is 41.3 Å². The van der Waals surface area contributed by atoms with E-state index in [0.29, 0.717) is 18.3 Å². The molecule has 24 heteroatoms. The molecule has 0 unspecified atom stereocenters. The number of alkyl halides is 11. The molecule has 0 amide bonds. The third kappa shape index (κ3) is 9.70. The lowest BCUT2D eigenvalue weighted by atomic mass is 9.94. The van der Waals surface area contributed by atoms with E-state index in [4.69, 9.17) is 28.5 Å². The van der Waals surface area contributed by atoms with Crippen LogP contribution >= 0.6 is 55.1 Å². The average molecular weight is 932 g/mol. The van der Waals surface area contributed by atoms with Crippen molar-refractivity contribution in [2.45, 2.75) is 30.9 Å². The van der Waals surface area contributed by atoms with Crippen LogP contribution in [0.25, 0.3) is 0 Å². The molecule has 0 bridgehead atoms. The fourth-order valence-electron chi connectivity index (χ4n) is 4.10. The minimum Gasteiger partial charge on any atom is -0.337 e. The van der Waals surface area contributed by atoms with E-state index >= 15 is 0 Å². The van der Waals surface area contributed by atoms with Crippen LogP contribution in [0, 0.1) is 34.6 Å². The van der Waals surface area contributed by atoms with Gasteiger partial charge in [-0.15, -0.1) is 0 Å². The predicted octanol–water partition coefficient (Wildman–Crippen LogP) is 12.2. The number of nitriles is 1. The summed E-state index contributed by atoms with van der Waals surface area (Å²) in [6.45, 7) is -0.507. The van der Waals surface area contributed by atoms with E-state index in [9.17, 15) is 65.9 Å². The summed E-state index contributed by atoms with van der Waals surface area (Å²) in [5.41, 5.74) is -7.22. The Balaban J connectivity index is 0.000000242. The molecule has 52 heavy (non-hydrogen) atoms. The number of fused-ring (bicyclic) bond motifs is 1. The molecule has 0 fully saturated rings. The molecule has 0 saturated carbocycles. The van der Waals surface area contributed by atoms with Gasteiger partial charge in [0.15, 0.2) is 34.5 Å². The molecule has 4 aromatic rings. The first kappa shape index (κ1) is 42.9. The minimum absolute atomic E-state index is 0.0142. The maximum atomic E-state index is 14.2. The van der Waals surface area contributed by atoms with E-state index in [1.165, 1.54) is 0 Å². The van der Waals surface area contributed by atoms with Gasteiger partial charge in [0.2, 0.25) is 0 Å². The Morgan fingerprint density at radius 3 is 1.73 bits per heavy atom. The van der Waals surface area contributed by atoms with Gasteiger partial charge in [-0.05, 0) is 50.1 Å². The second kappa shape index (κ2) is 15.8. The van der Waals surface area contributed by atoms with Gasteiger partial charge in [0.1, 0.15) is 16.9 Å². The summed E-state index contributed by atoms with van der Waals surface area (Å²) < 4.78 is 191. The van der Waals surface area contributed by atoms with Crippen LogP contribution in [0.5, 0.6) is 0 Å². The topological polar surface area (TPSA) is 65.7 Å². The third-order valence-electron chi connectivity index (χ3n) is 6.27. The van der Waals surface area contributed by atoms with E-state index < -0.39 is 110 Å². The fraction of sp³-hybridized carbons (Fsp3) is 0.214. The molecule has 5 nitrogen and oxygen atoms in total. The van der Waals surface area contributed by atoms with Crippen molar-refractivity contribution in [3.05, 3.63) is 107 Å². The monoisotopic (exact) mass is 929 g/mol. The molecule has 0 saturated heterocycles. The standard InChI is InChI=1S/C16H7ClF7N3.C6HBrClF4N.C6H2BrF4N/c17-11-10(6-26-14(12(11)19)16(22,23)24)27-2-1-15(20,21)9-4-8(18)3-7(5-25)13(9)27;7-2-1-13-5(6(10,11)12)4(9)3(2)8;7-3-1-4(8)5(12-2-3)6(9,10)11/h3-4,6H,1-2H2;1H;1-2H. The van der Waals surface area contributed by atoms with Crippen molar-refractivity contribution in [3.8, 4) is 6.07 Å². The first-order valence-corrected chi connectivity index (χ1v) is 15.3. The largest absolute Gasteiger partial charge is 0.436 e. The number of nitrogens with zero attached hydrogens (tertiary/aromatic N) is 5. The van der Waals surface area contributed by atoms with Gasteiger partial charge in [0.25, 0.3) is 5.92 Å². The Morgan fingerprint density at radius 2 is 1.23 bits per heavy atom. The molecule has 5 rings (SSSR count). The number of halogens is 19. The Kier molecular flexibility index (Phi) is 13.0. The lowest BCUT2D eigenvalue weighted by Gasteiger charge is -2.36. The van der Waals surface area contributed by atoms with Crippen molar-refractivity contribution >= 4 is 66.4 Å². The minimum atomic E-state index is -5.11. The number of anilines is 2. The van der Waals surface area contributed by atoms with E-state index in [-0.39, 0.29) is 8.95 Å². The second-order valence-electron chi connectivity index (χ2n) is 9.75. The van der Waals surface area contributed by atoms with Crippen LogP contribution in [0.15, 0.2) is 45.7 Å². The van der Waals surface area contributed by atoms with Crippen LogP contribution < -0.4 is 4.90 Å². The third-order valence-corrected chi connectivity index (χ3v) is 8.26. The van der Waals surface area contributed by atoms with E-state index in [2.05, 4.69) is 46.8 Å². The molecule has 1 aromatic carbocycles. The quantitative estimate of drug-likeness (QED) is 0.178. The molecule has 280 valence electrons. The number of aromatic nitrogens is 3. The molecule has 1 aliphatic rings. The van der Waals surface area contributed by atoms with E-state index in [1.807, 2.05) is 0 Å². The molecule has 0 spiro atoms. The predicted molar refractivity (Wildman–Crippen MR) is 160 cm³/mol. The number of rotatable bonds is 1. The van der Waals surface area contributed by atoms with Crippen molar-refractivity contribution in [1.82, 2.24) is 15.0 Å². The lowest BCUT2D eigenvalue weighted by molar-refractivity contribution is -0.144. The van der Waals surface area contributed by atoms with Crippen molar-refractivity contribution in [3.63, 3.8) is 0 Å². The van der Waals surface area contributed by atoms with Crippen molar-refractivity contribution in [2.75, 3.05) is 11.4 Å². The van der Waals surface area contributed by atoms with Gasteiger partial charge in [-0.3, -0.25) is 0 Å². The van der Waals surface area contributed by atoms with Gasteiger partial charge in [-0.2, -0.15) is 44.8 Å². The van der Waals surface area contributed by atoms with Crippen molar-refractivity contribution in [1.29, 1.82) is 5.26 Å². The van der Waals surface area contributed by atoms with Crippen LogP contribution in [0.1, 0.15) is 34.6 Å². The highest BCUT2D eigenvalue weighted by atomic mass is 79.9. The number of hydrogen-bond acceptors (Lipinski definition) is 5. The molecule has 3 aromatic heterocycles. The van der Waals surface area contributed by atoms with Gasteiger partial charge in [0, 0.05) is 35.4 Å². The smallest absolute Gasteiger partial charge is 0.337 e. The number of hydrogen-bond donors (Lipinski definition) is 0. The molecule has 1 aliphatic heterocycles. The van der Waals surface area contributed by atoms with Gasteiger partial charge >= 0.3 is 18.5 Å². The Morgan fingerprint density at radius 1 is 0.731 bits per heavy atom. The van der Waals surface area contributed by atoms with Crippen LogP contribution in [0.3, 0.4) is 0 Å². The summed E-state index contributed by atoms with van der Waals surface area (Å²) >= 11 is 16.5. The highest BCUT2D eigenvalue weighted by molar-refractivity contribution is 9.10. The maximum Gasteiger partial charge on any atom is 0.436 e. The van der Waals surface area contributed by atoms with Crippen LogP contribution in [-0.4, -0.2) is 21.5 Å². The summed E-state index contributed by atoms with van der Waals surface area (Å²) in [7, 11) is 0. The molecule has 0 aliphatic carbocycles. The molecule has 0 radical (unpaired) electrons. The summed E-state index contributed by atoms with van der Waals surface area (Å²) in [5.74, 6) is -9.40. The Bertz CT molecular complexity index is 2020. The Hall–Kier alpha value is -3.55. The fourth-order valence-corrected chi connectivity index (χ4v) is 5.06. The van der Waals surface area contributed by atoms with Crippen LogP contribution in [0.2, 0.25) is 10.0 Å². The normalized spacial score (nSPS) is 14.0. The second-order valence-corrected chi connectivity index (χ2v) is 12.3. The summed E-state index contributed by atoms with van der Waals surface area (Å²) in [6, 6.07) is 3.48. The zero-order valence-corrected chi connectivity index (χ0v) is 29.0. The molecule has 0 N–H and O–H groups in total. The van der Waals surface area contributed by atoms with E-state index in [1.54, 1.807) is 6.07 Å².